The summed E-state index contributed by atoms with van der Waals surface area (Å²) in [5.74, 6) is 1.35. The van der Waals surface area contributed by atoms with Gasteiger partial charge in [-0.05, 0) is 19.0 Å². The average molecular weight is 236 g/mol. The monoisotopic (exact) mass is 236 g/mol. The highest BCUT2D eigenvalue weighted by Crippen LogP contribution is 2.35. The molecule has 1 aliphatic rings. The van der Waals surface area contributed by atoms with Crippen LogP contribution in [-0.4, -0.2) is 19.2 Å². The maximum absolute atomic E-state index is 10.5. The lowest BCUT2D eigenvalue weighted by atomic mass is 10.2. The molecular formula is C12H16N2O3. The first-order valence-electron chi connectivity index (χ1n) is 5.64. The van der Waals surface area contributed by atoms with Gasteiger partial charge in [0, 0.05) is 18.5 Å². The summed E-state index contributed by atoms with van der Waals surface area (Å²) in [4.78, 5) is 10.5. The molecule has 1 heterocycles. The minimum absolute atomic E-state index is 0.260. The maximum Gasteiger partial charge on any atom is 0.231 e. The number of ether oxygens (including phenoxy) is 2. The van der Waals surface area contributed by atoms with Gasteiger partial charge in [0.05, 0.1) is 0 Å². The van der Waals surface area contributed by atoms with Crippen molar-refractivity contribution in [3.05, 3.63) is 23.8 Å². The van der Waals surface area contributed by atoms with Gasteiger partial charge >= 0.3 is 0 Å². The number of primary amides is 1. The number of hydrogen-bond donors (Lipinski definition) is 2. The molecule has 5 nitrogen and oxygen atoms in total. The third-order valence-electron chi connectivity index (χ3n) is 2.57. The smallest absolute Gasteiger partial charge is 0.231 e. The van der Waals surface area contributed by atoms with E-state index in [9.17, 15) is 4.79 Å². The molecule has 1 amide bonds. The number of nitrogens with one attached hydrogen (secondary N) is 1. The van der Waals surface area contributed by atoms with Crippen molar-refractivity contribution in [2.45, 2.75) is 19.4 Å². The Bertz CT molecular complexity index is 407. The van der Waals surface area contributed by atoms with Gasteiger partial charge in [-0.15, -0.1) is 0 Å². The Morgan fingerprint density at radius 2 is 2.29 bits per heavy atom. The van der Waals surface area contributed by atoms with E-state index >= 15 is 0 Å². The van der Waals surface area contributed by atoms with E-state index in [2.05, 4.69) is 5.32 Å². The molecule has 0 unspecified atom stereocenters. The minimum Gasteiger partial charge on any atom is -0.454 e. The summed E-state index contributed by atoms with van der Waals surface area (Å²) >= 11 is 0. The van der Waals surface area contributed by atoms with E-state index in [1.54, 1.807) is 0 Å². The zero-order chi connectivity index (χ0) is 12.1. The van der Waals surface area contributed by atoms with Gasteiger partial charge in [-0.2, -0.15) is 0 Å². The first kappa shape index (κ1) is 11.7. The van der Waals surface area contributed by atoms with Crippen LogP contribution in [0.1, 0.15) is 18.4 Å². The van der Waals surface area contributed by atoms with Gasteiger partial charge in [0.25, 0.3) is 0 Å². The molecular weight excluding hydrogens is 220 g/mol. The van der Waals surface area contributed by atoms with Crippen molar-refractivity contribution in [1.29, 1.82) is 0 Å². The predicted octanol–water partition coefficient (Wildman–Crippen LogP) is 0.770. The second kappa shape index (κ2) is 5.54. The largest absolute Gasteiger partial charge is 0.454 e. The van der Waals surface area contributed by atoms with Crippen molar-refractivity contribution in [3.63, 3.8) is 0 Å². The van der Waals surface area contributed by atoms with Crippen molar-refractivity contribution in [2.75, 3.05) is 13.3 Å². The molecule has 0 aromatic heterocycles. The fourth-order valence-corrected chi connectivity index (χ4v) is 1.74. The van der Waals surface area contributed by atoms with Gasteiger partial charge in [0.2, 0.25) is 12.7 Å². The lowest BCUT2D eigenvalue weighted by molar-refractivity contribution is -0.118. The number of carbonyl (C=O) groups excluding carboxylic acids is 1. The number of benzene rings is 1. The Labute approximate surface area is 99.9 Å². The third-order valence-corrected chi connectivity index (χ3v) is 2.57. The SMILES string of the molecule is NC(=O)CCCNCc1cccc2c1OCO2. The van der Waals surface area contributed by atoms with Crippen molar-refractivity contribution in [3.8, 4) is 11.5 Å². The minimum atomic E-state index is -0.260. The van der Waals surface area contributed by atoms with Crippen molar-refractivity contribution < 1.29 is 14.3 Å². The molecule has 0 spiro atoms. The summed E-state index contributed by atoms with van der Waals surface area (Å²) in [6.07, 6.45) is 1.17. The molecule has 17 heavy (non-hydrogen) atoms. The lowest BCUT2D eigenvalue weighted by Crippen LogP contribution is -2.18. The fraction of sp³-hybridized carbons (Fsp3) is 0.417. The Balaban J connectivity index is 1.80. The molecule has 0 fully saturated rings. The number of amides is 1. The molecule has 3 N–H and O–H groups in total. The van der Waals surface area contributed by atoms with Gasteiger partial charge in [-0.1, -0.05) is 12.1 Å². The summed E-state index contributed by atoms with van der Waals surface area (Å²) in [7, 11) is 0. The molecule has 1 aromatic rings. The molecule has 0 aliphatic carbocycles. The zero-order valence-electron chi connectivity index (χ0n) is 9.57. The van der Waals surface area contributed by atoms with Gasteiger partial charge in [0.1, 0.15) is 0 Å². The van der Waals surface area contributed by atoms with E-state index in [4.69, 9.17) is 15.2 Å². The number of rotatable bonds is 6. The van der Waals surface area contributed by atoms with Crippen LogP contribution >= 0.6 is 0 Å². The van der Waals surface area contributed by atoms with Crippen LogP contribution in [0.15, 0.2) is 18.2 Å². The zero-order valence-corrected chi connectivity index (χ0v) is 9.57. The molecule has 1 aromatic carbocycles. The van der Waals surface area contributed by atoms with Crippen LogP contribution in [-0.2, 0) is 11.3 Å². The summed E-state index contributed by atoms with van der Waals surface area (Å²) in [5.41, 5.74) is 6.12. The second-order valence-electron chi connectivity index (χ2n) is 3.90. The lowest BCUT2D eigenvalue weighted by Gasteiger charge is -2.07. The average Bonchev–Trinajstić information content (AvgIpc) is 2.77. The quantitative estimate of drug-likeness (QED) is 0.715. The first-order chi connectivity index (χ1) is 8.27. The molecule has 0 saturated heterocycles. The standard InChI is InChI=1S/C12H16N2O3/c13-11(15)5-2-6-14-7-9-3-1-4-10-12(9)17-8-16-10/h1,3-4,14H,2,5-8H2,(H2,13,15). The van der Waals surface area contributed by atoms with Crippen LogP contribution in [0.4, 0.5) is 0 Å². The van der Waals surface area contributed by atoms with E-state index in [0.717, 1.165) is 30.0 Å². The van der Waals surface area contributed by atoms with Gasteiger partial charge in [-0.25, -0.2) is 0 Å². The molecule has 2 rings (SSSR count). The number of nitrogens with two attached hydrogens (primary N) is 1. The summed E-state index contributed by atoms with van der Waals surface area (Å²) in [6, 6.07) is 5.82. The Hall–Kier alpha value is -1.75. The molecule has 1 aliphatic heterocycles. The van der Waals surface area contributed by atoms with Crippen molar-refractivity contribution in [2.24, 2.45) is 5.73 Å². The van der Waals surface area contributed by atoms with Crippen LogP contribution in [0.5, 0.6) is 11.5 Å². The van der Waals surface area contributed by atoms with Crippen LogP contribution in [0.3, 0.4) is 0 Å². The molecule has 0 bridgehead atoms. The number of carbonyl (C=O) groups is 1. The summed E-state index contributed by atoms with van der Waals surface area (Å²) in [5, 5.41) is 3.24. The van der Waals surface area contributed by atoms with Crippen LogP contribution < -0.4 is 20.5 Å². The van der Waals surface area contributed by atoms with Crippen LogP contribution in [0.2, 0.25) is 0 Å². The van der Waals surface area contributed by atoms with Crippen LogP contribution in [0.25, 0.3) is 0 Å². The Morgan fingerprint density at radius 1 is 1.41 bits per heavy atom. The number of para-hydroxylation sites is 1. The number of fused-ring (bicyclic) bond motifs is 1. The van der Waals surface area contributed by atoms with Gasteiger partial charge < -0.3 is 20.5 Å². The highest BCUT2D eigenvalue weighted by molar-refractivity contribution is 5.73. The van der Waals surface area contributed by atoms with Crippen molar-refractivity contribution >= 4 is 5.91 Å². The molecule has 5 heteroatoms. The van der Waals surface area contributed by atoms with E-state index in [-0.39, 0.29) is 12.7 Å². The first-order valence-corrected chi connectivity index (χ1v) is 5.64. The van der Waals surface area contributed by atoms with Crippen molar-refractivity contribution in [1.82, 2.24) is 5.32 Å². The third kappa shape index (κ3) is 3.10. The summed E-state index contributed by atoms with van der Waals surface area (Å²) in [6.45, 7) is 1.74. The summed E-state index contributed by atoms with van der Waals surface area (Å²) < 4.78 is 10.7. The Morgan fingerprint density at radius 3 is 3.12 bits per heavy atom. The normalized spacial score (nSPS) is 12.7. The molecule has 0 radical (unpaired) electrons. The highest BCUT2D eigenvalue weighted by Gasteiger charge is 2.16. The maximum atomic E-state index is 10.5. The fourth-order valence-electron chi connectivity index (χ4n) is 1.74. The van der Waals surface area contributed by atoms with Gasteiger partial charge in [0.15, 0.2) is 11.5 Å². The second-order valence-corrected chi connectivity index (χ2v) is 3.90. The highest BCUT2D eigenvalue weighted by atomic mass is 16.7. The number of hydrogen-bond acceptors (Lipinski definition) is 4. The van der Waals surface area contributed by atoms with E-state index in [1.807, 2.05) is 18.2 Å². The Kier molecular flexibility index (Phi) is 3.82. The van der Waals surface area contributed by atoms with E-state index < -0.39 is 0 Å². The van der Waals surface area contributed by atoms with Crippen LogP contribution in [0, 0.1) is 0 Å². The molecule has 92 valence electrons. The topological polar surface area (TPSA) is 73.6 Å². The predicted molar refractivity (Wildman–Crippen MR) is 62.7 cm³/mol. The van der Waals surface area contributed by atoms with E-state index in [0.29, 0.717) is 13.0 Å². The van der Waals surface area contributed by atoms with Gasteiger partial charge in [-0.3, -0.25) is 4.79 Å². The van der Waals surface area contributed by atoms with E-state index in [1.165, 1.54) is 0 Å². The molecule has 0 atom stereocenters. The molecule has 0 saturated carbocycles.